The summed E-state index contributed by atoms with van der Waals surface area (Å²) in [6.07, 6.45) is 10.8. The Bertz CT molecular complexity index is 345. The van der Waals surface area contributed by atoms with Crippen LogP contribution in [-0.2, 0) is 9.47 Å². The summed E-state index contributed by atoms with van der Waals surface area (Å²) in [6.45, 7) is 11.0. The molecule has 22 heavy (non-hydrogen) atoms. The minimum absolute atomic E-state index is 0.00539. The van der Waals surface area contributed by atoms with Crippen molar-refractivity contribution in [3.63, 3.8) is 0 Å². The van der Waals surface area contributed by atoms with Gasteiger partial charge in [-0.3, -0.25) is 0 Å². The third-order valence-electron chi connectivity index (χ3n) is 4.09. The van der Waals surface area contributed by atoms with Crippen LogP contribution >= 0.6 is 0 Å². The molecule has 128 valence electrons. The average molecular weight is 309 g/mol. The summed E-state index contributed by atoms with van der Waals surface area (Å²) in [5.41, 5.74) is 0.00539. The number of unbranched alkanes of at least 4 members (excludes halogenated alkanes) is 5. The van der Waals surface area contributed by atoms with Gasteiger partial charge in [-0.05, 0) is 12.8 Å². The van der Waals surface area contributed by atoms with Crippen molar-refractivity contribution in [1.29, 1.82) is 0 Å². The minimum Gasteiger partial charge on any atom is -0.349 e. The lowest BCUT2D eigenvalue weighted by atomic mass is 9.93. The lowest BCUT2D eigenvalue weighted by Gasteiger charge is -2.40. The first-order valence-electron chi connectivity index (χ1n) is 9.26. The van der Waals surface area contributed by atoms with Gasteiger partial charge in [0.2, 0.25) is 0 Å². The minimum atomic E-state index is -0.136. The van der Waals surface area contributed by atoms with E-state index in [9.17, 15) is 0 Å². The quantitative estimate of drug-likeness (QED) is 0.444. The summed E-state index contributed by atoms with van der Waals surface area (Å²) in [5, 5.41) is 0. The van der Waals surface area contributed by atoms with Crippen molar-refractivity contribution in [2.24, 2.45) is 5.41 Å². The van der Waals surface area contributed by atoms with Crippen LogP contribution in [0.25, 0.3) is 0 Å². The highest BCUT2D eigenvalue weighted by atomic mass is 16.7. The van der Waals surface area contributed by atoms with Crippen LogP contribution in [0, 0.1) is 17.3 Å². The Kier molecular flexibility index (Phi) is 9.13. The lowest BCUT2D eigenvalue weighted by Crippen LogP contribution is -2.44. The van der Waals surface area contributed by atoms with Crippen LogP contribution in [0.15, 0.2) is 0 Å². The van der Waals surface area contributed by atoms with Crippen LogP contribution in [-0.4, -0.2) is 18.5 Å². The molecule has 1 aliphatic heterocycles. The van der Waals surface area contributed by atoms with Crippen LogP contribution in [0.5, 0.6) is 0 Å². The lowest BCUT2D eigenvalue weighted by molar-refractivity contribution is -0.268. The Morgan fingerprint density at radius 3 is 2.32 bits per heavy atom. The predicted molar refractivity (Wildman–Crippen MR) is 93.7 cm³/mol. The molecule has 2 nitrogen and oxygen atoms in total. The first-order valence-corrected chi connectivity index (χ1v) is 9.26. The van der Waals surface area contributed by atoms with Gasteiger partial charge >= 0.3 is 0 Å². The van der Waals surface area contributed by atoms with Crippen molar-refractivity contribution in [2.75, 3.05) is 0 Å². The van der Waals surface area contributed by atoms with Crippen molar-refractivity contribution in [1.82, 2.24) is 0 Å². The van der Waals surface area contributed by atoms with Gasteiger partial charge < -0.3 is 9.47 Å². The molecule has 0 amide bonds. The molecule has 1 saturated heterocycles. The smallest absolute Gasteiger partial charge is 0.164 e. The number of rotatable bonds is 7. The van der Waals surface area contributed by atoms with E-state index < -0.39 is 0 Å². The van der Waals surface area contributed by atoms with Crippen molar-refractivity contribution < 1.29 is 9.47 Å². The second kappa shape index (κ2) is 10.3. The Balaban J connectivity index is 2.55. The van der Waals surface area contributed by atoms with Gasteiger partial charge in [0.1, 0.15) is 6.10 Å². The molecule has 0 spiro atoms. The number of hydrogen-bond donors (Lipinski definition) is 0. The van der Waals surface area contributed by atoms with Crippen LogP contribution in [0.2, 0.25) is 0 Å². The Labute approximate surface area is 138 Å². The van der Waals surface area contributed by atoms with E-state index in [1.807, 2.05) is 0 Å². The second-order valence-corrected chi connectivity index (χ2v) is 7.59. The molecule has 1 fully saturated rings. The normalized spacial score (nSPS) is 25.6. The summed E-state index contributed by atoms with van der Waals surface area (Å²) < 4.78 is 12.3. The molecule has 1 heterocycles. The molecule has 0 aromatic heterocycles. The average Bonchev–Trinajstić information content (AvgIpc) is 2.47. The van der Waals surface area contributed by atoms with E-state index in [4.69, 9.17) is 9.47 Å². The summed E-state index contributed by atoms with van der Waals surface area (Å²) in [4.78, 5) is 0. The van der Waals surface area contributed by atoms with Crippen LogP contribution < -0.4 is 0 Å². The van der Waals surface area contributed by atoms with E-state index in [0.717, 1.165) is 19.3 Å². The molecule has 3 atom stereocenters. The molecule has 0 aliphatic carbocycles. The van der Waals surface area contributed by atoms with Gasteiger partial charge in [0.15, 0.2) is 6.29 Å². The molecule has 2 heteroatoms. The summed E-state index contributed by atoms with van der Waals surface area (Å²) >= 11 is 0. The molecular formula is C20H36O2. The third-order valence-corrected chi connectivity index (χ3v) is 4.09. The second-order valence-electron chi connectivity index (χ2n) is 7.59. The number of ether oxygens (including phenoxy) is 2. The molecule has 1 rings (SSSR count). The monoisotopic (exact) mass is 308 g/mol. The van der Waals surface area contributed by atoms with Crippen LogP contribution in [0.1, 0.15) is 92.4 Å². The highest BCUT2D eigenvalue weighted by Gasteiger charge is 2.36. The molecule has 1 aliphatic rings. The fraction of sp³-hybridized carbons (Fsp3) is 0.900. The molecule has 0 aromatic carbocycles. The Morgan fingerprint density at radius 1 is 0.955 bits per heavy atom. The zero-order valence-electron chi connectivity index (χ0n) is 15.4. The third kappa shape index (κ3) is 7.65. The van der Waals surface area contributed by atoms with Crippen molar-refractivity contribution >= 4 is 0 Å². The summed E-state index contributed by atoms with van der Waals surface area (Å²) in [7, 11) is 0. The topological polar surface area (TPSA) is 18.5 Å². The fourth-order valence-corrected chi connectivity index (χ4v) is 2.64. The molecule has 0 unspecified atom stereocenters. The largest absolute Gasteiger partial charge is 0.349 e. The van der Waals surface area contributed by atoms with Crippen LogP contribution in [0.4, 0.5) is 0 Å². The first-order chi connectivity index (χ1) is 10.5. The van der Waals surface area contributed by atoms with Gasteiger partial charge in [0, 0.05) is 18.3 Å². The van der Waals surface area contributed by atoms with Crippen LogP contribution in [0.3, 0.4) is 0 Å². The maximum absolute atomic E-state index is 6.20. The van der Waals surface area contributed by atoms with Crippen molar-refractivity contribution in [3.05, 3.63) is 0 Å². The van der Waals surface area contributed by atoms with Gasteiger partial charge in [-0.2, -0.15) is 0 Å². The van der Waals surface area contributed by atoms with Gasteiger partial charge in [-0.15, -0.1) is 5.92 Å². The summed E-state index contributed by atoms with van der Waals surface area (Å²) in [5.74, 6) is 6.63. The maximum Gasteiger partial charge on any atom is 0.164 e. The summed E-state index contributed by atoms with van der Waals surface area (Å²) in [6, 6.07) is 0. The van der Waals surface area contributed by atoms with Gasteiger partial charge in [-0.25, -0.2) is 0 Å². The zero-order valence-corrected chi connectivity index (χ0v) is 15.4. The standard InChI is InChI=1S/C20H36O2/c1-6-8-10-12-14-17-16-18(15-13-11-9-7-2)22-19(21-17)20(3,4)5/h17-19H,6-12,14,16H2,1-5H3/t17-,18-,19-/m0/s1. The van der Waals surface area contributed by atoms with E-state index in [0.29, 0.717) is 6.10 Å². The van der Waals surface area contributed by atoms with E-state index >= 15 is 0 Å². The van der Waals surface area contributed by atoms with Gasteiger partial charge in [0.05, 0.1) is 6.10 Å². The van der Waals surface area contributed by atoms with E-state index in [2.05, 4.69) is 46.5 Å². The highest BCUT2D eigenvalue weighted by Crippen LogP contribution is 2.32. The highest BCUT2D eigenvalue weighted by molar-refractivity contribution is 5.07. The zero-order chi connectivity index (χ0) is 16.4. The fourth-order valence-electron chi connectivity index (χ4n) is 2.64. The van der Waals surface area contributed by atoms with Gasteiger partial charge in [0.25, 0.3) is 0 Å². The Morgan fingerprint density at radius 2 is 1.68 bits per heavy atom. The first kappa shape index (κ1) is 19.5. The Hall–Kier alpha value is -0.520. The molecule has 0 aromatic rings. The van der Waals surface area contributed by atoms with Crippen molar-refractivity contribution in [3.8, 4) is 11.8 Å². The van der Waals surface area contributed by atoms with E-state index in [-0.39, 0.29) is 17.8 Å². The van der Waals surface area contributed by atoms with Gasteiger partial charge in [-0.1, -0.05) is 72.6 Å². The molecule has 0 saturated carbocycles. The van der Waals surface area contributed by atoms with E-state index in [1.54, 1.807) is 0 Å². The molecule has 0 radical (unpaired) electrons. The molecule has 0 N–H and O–H groups in total. The molecular weight excluding hydrogens is 272 g/mol. The predicted octanol–water partition coefficient (Wildman–Crippen LogP) is 5.70. The number of hydrogen-bond acceptors (Lipinski definition) is 2. The maximum atomic E-state index is 6.20. The van der Waals surface area contributed by atoms with Crippen molar-refractivity contribution in [2.45, 2.75) is 111 Å². The SMILES string of the molecule is CCCCC#C[C@H]1C[C@H](CCCCCC)O[C@H](C(C)(C)C)O1. The van der Waals surface area contributed by atoms with E-state index in [1.165, 1.54) is 38.5 Å². The molecule has 0 bridgehead atoms.